The van der Waals surface area contributed by atoms with Crippen molar-refractivity contribution < 1.29 is 13.6 Å². The number of halogens is 1. The molecule has 28 heavy (non-hydrogen) atoms. The van der Waals surface area contributed by atoms with Crippen molar-refractivity contribution in [3.8, 4) is 0 Å². The van der Waals surface area contributed by atoms with Crippen molar-refractivity contribution in [2.24, 2.45) is 0 Å². The van der Waals surface area contributed by atoms with E-state index >= 15 is 0 Å². The number of oxazole rings is 1. The molecule has 2 aromatic carbocycles. The van der Waals surface area contributed by atoms with Crippen LogP contribution in [-0.4, -0.2) is 42.0 Å². The van der Waals surface area contributed by atoms with Crippen LogP contribution < -0.4 is 10.2 Å². The third-order valence-electron chi connectivity index (χ3n) is 4.74. The number of nitrogens with zero attached hydrogens (tertiary/aromatic N) is 3. The summed E-state index contributed by atoms with van der Waals surface area (Å²) < 4.78 is 19.4. The van der Waals surface area contributed by atoms with E-state index in [-0.39, 0.29) is 17.4 Å². The minimum absolute atomic E-state index is 0.197. The molecule has 2 heterocycles. The molecule has 0 unspecified atom stereocenters. The molecule has 1 saturated heterocycles. The smallest absolute Gasteiger partial charge is 0.277 e. The van der Waals surface area contributed by atoms with E-state index in [1.165, 1.54) is 12.3 Å². The molecule has 0 atom stereocenters. The molecule has 6 nitrogen and oxygen atoms in total. The molecule has 0 spiro atoms. The van der Waals surface area contributed by atoms with Crippen LogP contribution in [0.5, 0.6) is 0 Å². The van der Waals surface area contributed by atoms with Gasteiger partial charge < -0.3 is 14.6 Å². The molecule has 4 rings (SSSR count). The molecule has 1 aliphatic rings. The van der Waals surface area contributed by atoms with E-state index in [2.05, 4.69) is 15.2 Å². The first-order chi connectivity index (χ1) is 13.7. The minimum Gasteiger partial charge on any atom is -0.447 e. The van der Waals surface area contributed by atoms with Crippen LogP contribution >= 0.6 is 0 Å². The van der Waals surface area contributed by atoms with Gasteiger partial charge >= 0.3 is 0 Å². The Morgan fingerprint density at radius 2 is 1.75 bits per heavy atom. The number of carbonyl (C=O) groups excluding carboxylic acids is 1. The van der Waals surface area contributed by atoms with Gasteiger partial charge in [0, 0.05) is 31.9 Å². The van der Waals surface area contributed by atoms with E-state index in [4.69, 9.17) is 4.42 Å². The minimum atomic E-state index is -0.300. The van der Waals surface area contributed by atoms with E-state index in [0.717, 1.165) is 26.2 Å². The van der Waals surface area contributed by atoms with Crippen molar-refractivity contribution >= 4 is 17.3 Å². The first kappa shape index (κ1) is 18.2. The van der Waals surface area contributed by atoms with Gasteiger partial charge in [0.25, 0.3) is 5.91 Å². The Kier molecular flexibility index (Phi) is 5.34. The molecule has 3 aromatic rings. The molecule has 1 amide bonds. The average Bonchev–Trinajstić information content (AvgIpc) is 3.19. The number of hydrogen-bond donors (Lipinski definition) is 1. The second kappa shape index (κ2) is 8.22. The molecular formula is C21H21FN4O2. The molecule has 0 aliphatic carbocycles. The fourth-order valence-electron chi connectivity index (χ4n) is 3.25. The first-order valence-corrected chi connectivity index (χ1v) is 9.22. The Bertz CT molecular complexity index is 936. The van der Waals surface area contributed by atoms with Gasteiger partial charge in [-0.25, -0.2) is 9.37 Å². The number of piperazine rings is 1. The molecule has 1 fully saturated rings. The normalized spacial score (nSPS) is 14.8. The van der Waals surface area contributed by atoms with Crippen LogP contribution in [0.4, 0.5) is 15.8 Å². The van der Waals surface area contributed by atoms with E-state index in [0.29, 0.717) is 23.8 Å². The third kappa shape index (κ3) is 4.20. The standard InChI is InChI=1S/C21H21FN4O2/c22-17-8-4-5-9-19(17)26-12-10-25(11-13-26)14-20-24-18(15-28-20)21(27)23-16-6-2-1-3-7-16/h1-9,15H,10-14H2,(H,23,27). The molecule has 0 bridgehead atoms. The van der Waals surface area contributed by atoms with Crippen LogP contribution in [0.15, 0.2) is 65.3 Å². The number of para-hydroxylation sites is 2. The molecule has 0 saturated carbocycles. The van der Waals surface area contributed by atoms with Crippen molar-refractivity contribution in [1.29, 1.82) is 0 Å². The van der Waals surface area contributed by atoms with Crippen LogP contribution in [0.25, 0.3) is 0 Å². The van der Waals surface area contributed by atoms with E-state index in [9.17, 15) is 9.18 Å². The number of rotatable bonds is 5. The SMILES string of the molecule is O=C(Nc1ccccc1)c1coc(CN2CCN(c3ccccc3F)CC2)n1. The molecule has 1 N–H and O–H groups in total. The lowest BCUT2D eigenvalue weighted by Gasteiger charge is -2.35. The summed E-state index contributed by atoms with van der Waals surface area (Å²) in [6, 6.07) is 16.0. The monoisotopic (exact) mass is 380 g/mol. The zero-order chi connectivity index (χ0) is 19.3. The predicted octanol–water partition coefficient (Wildman–Crippen LogP) is 3.39. The number of hydrogen-bond acceptors (Lipinski definition) is 5. The van der Waals surface area contributed by atoms with Gasteiger partial charge in [-0.2, -0.15) is 0 Å². The van der Waals surface area contributed by atoms with Gasteiger partial charge in [-0.15, -0.1) is 0 Å². The van der Waals surface area contributed by atoms with Crippen LogP contribution in [0.1, 0.15) is 16.4 Å². The third-order valence-corrected chi connectivity index (χ3v) is 4.74. The Morgan fingerprint density at radius 1 is 1.04 bits per heavy atom. The highest BCUT2D eigenvalue weighted by atomic mass is 19.1. The number of anilines is 2. The van der Waals surface area contributed by atoms with Crippen LogP contribution in [0.2, 0.25) is 0 Å². The van der Waals surface area contributed by atoms with Gasteiger partial charge in [0.05, 0.1) is 12.2 Å². The fourth-order valence-corrected chi connectivity index (χ4v) is 3.25. The Morgan fingerprint density at radius 3 is 2.50 bits per heavy atom. The Balaban J connectivity index is 1.31. The summed E-state index contributed by atoms with van der Waals surface area (Å²) in [4.78, 5) is 20.8. The highest BCUT2D eigenvalue weighted by molar-refractivity contribution is 6.02. The number of carbonyl (C=O) groups is 1. The van der Waals surface area contributed by atoms with Crippen molar-refractivity contribution in [3.63, 3.8) is 0 Å². The summed E-state index contributed by atoms with van der Waals surface area (Å²) in [7, 11) is 0. The van der Waals surface area contributed by atoms with Crippen LogP contribution in [0.3, 0.4) is 0 Å². The van der Waals surface area contributed by atoms with Gasteiger partial charge in [-0.3, -0.25) is 9.69 Å². The summed E-state index contributed by atoms with van der Waals surface area (Å²) in [6.45, 7) is 3.50. The number of nitrogens with one attached hydrogen (secondary N) is 1. The summed E-state index contributed by atoms with van der Waals surface area (Å²) in [5.74, 6) is 0.000784. The lowest BCUT2D eigenvalue weighted by molar-refractivity contribution is 0.102. The van der Waals surface area contributed by atoms with Crippen LogP contribution in [-0.2, 0) is 6.54 Å². The fraction of sp³-hybridized carbons (Fsp3) is 0.238. The lowest BCUT2D eigenvalue weighted by atomic mass is 10.2. The van der Waals surface area contributed by atoms with E-state index in [1.807, 2.05) is 41.3 Å². The van der Waals surface area contributed by atoms with E-state index < -0.39 is 0 Å². The van der Waals surface area contributed by atoms with Crippen LogP contribution in [0, 0.1) is 5.82 Å². The zero-order valence-corrected chi connectivity index (χ0v) is 15.3. The highest BCUT2D eigenvalue weighted by Gasteiger charge is 2.21. The molecule has 7 heteroatoms. The second-order valence-electron chi connectivity index (χ2n) is 6.66. The summed E-state index contributed by atoms with van der Waals surface area (Å²) in [6.07, 6.45) is 1.38. The Hall–Kier alpha value is -3.19. The number of benzene rings is 2. The topological polar surface area (TPSA) is 61.6 Å². The molecular weight excluding hydrogens is 359 g/mol. The molecule has 144 valence electrons. The predicted molar refractivity (Wildman–Crippen MR) is 105 cm³/mol. The van der Waals surface area contributed by atoms with Gasteiger partial charge in [0.2, 0.25) is 5.89 Å². The molecule has 0 radical (unpaired) electrons. The molecule has 1 aliphatic heterocycles. The lowest BCUT2D eigenvalue weighted by Crippen LogP contribution is -2.46. The van der Waals surface area contributed by atoms with E-state index in [1.54, 1.807) is 12.1 Å². The van der Waals surface area contributed by atoms with Gasteiger partial charge in [0.15, 0.2) is 5.69 Å². The summed E-state index contributed by atoms with van der Waals surface area (Å²) >= 11 is 0. The first-order valence-electron chi connectivity index (χ1n) is 9.22. The molecule has 1 aromatic heterocycles. The van der Waals surface area contributed by atoms with Crippen molar-refractivity contribution in [3.05, 3.63) is 78.3 Å². The number of aromatic nitrogens is 1. The Labute approximate surface area is 162 Å². The van der Waals surface area contributed by atoms with Crippen molar-refractivity contribution in [2.45, 2.75) is 6.54 Å². The maximum Gasteiger partial charge on any atom is 0.277 e. The van der Waals surface area contributed by atoms with Crippen molar-refractivity contribution in [2.75, 3.05) is 36.4 Å². The maximum atomic E-state index is 13.9. The maximum absolute atomic E-state index is 13.9. The summed E-state index contributed by atoms with van der Waals surface area (Å²) in [5.41, 5.74) is 1.60. The van der Waals surface area contributed by atoms with Gasteiger partial charge in [-0.05, 0) is 24.3 Å². The number of amides is 1. The highest BCUT2D eigenvalue weighted by Crippen LogP contribution is 2.20. The average molecular weight is 380 g/mol. The largest absolute Gasteiger partial charge is 0.447 e. The summed E-state index contributed by atoms with van der Waals surface area (Å²) in [5, 5.41) is 2.79. The quantitative estimate of drug-likeness (QED) is 0.735. The van der Waals surface area contributed by atoms with Gasteiger partial charge in [-0.1, -0.05) is 30.3 Å². The zero-order valence-electron chi connectivity index (χ0n) is 15.3. The second-order valence-corrected chi connectivity index (χ2v) is 6.66. The van der Waals surface area contributed by atoms with Crippen molar-refractivity contribution in [1.82, 2.24) is 9.88 Å². The van der Waals surface area contributed by atoms with Gasteiger partial charge in [0.1, 0.15) is 12.1 Å².